The van der Waals surface area contributed by atoms with Crippen molar-refractivity contribution < 1.29 is 13.7 Å². The summed E-state index contributed by atoms with van der Waals surface area (Å²) in [4.78, 5) is 32.9. The SMILES string of the molecule is CC(C)c1cc(NC(=O)CSc2nc3sc4c(c3c(=O)n2Cc2ccco2)CCCC4)on1. The fraction of sp³-hybridized carbons (Fsp3) is 0.391. The third-order valence-corrected chi connectivity index (χ3v) is 7.81. The second-order valence-electron chi connectivity index (χ2n) is 8.36. The number of carbonyl (C=O) groups is 1. The molecule has 5 rings (SSSR count). The Bertz CT molecular complexity index is 1350. The fourth-order valence-corrected chi connectivity index (χ4v) is 6.05. The summed E-state index contributed by atoms with van der Waals surface area (Å²) in [6.07, 6.45) is 5.73. The van der Waals surface area contributed by atoms with Crippen LogP contribution in [0.15, 0.2) is 43.4 Å². The average molecular weight is 485 g/mol. The zero-order valence-electron chi connectivity index (χ0n) is 18.4. The van der Waals surface area contributed by atoms with Crippen molar-refractivity contribution in [3.63, 3.8) is 0 Å². The van der Waals surface area contributed by atoms with Crippen LogP contribution in [0.4, 0.5) is 5.88 Å². The summed E-state index contributed by atoms with van der Waals surface area (Å²) in [5.41, 5.74) is 1.85. The van der Waals surface area contributed by atoms with Gasteiger partial charge in [0, 0.05) is 10.9 Å². The molecule has 10 heteroatoms. The third kappa shape index (κ3) is 4.49. The Labute approximate surface area is 198 Å². The van der Waals surface area contributed by atoms with Crippen LogP contribution in [0.2, 0.25) is 0 Å². The van der Waals surface area contributed by atoms with Crippen molar-refractivity contribution in [2.75, 3.05) is 11.1 Å². The highest BCUT2D eigenvalue weighted by molar-refractivity contribution is 7.99. The first-order chi connectivity index (χ1) is 16.0. The summed E-state index contributed by atoms with van der Waals surface area (Å²) in [5, 5.41) is 7.90. The van der Waals surface area contributed by atoms with Crippen molar-refractivity contribution in [1.29, 1.82) is 0 Å². The average Bonchev–Trinajstić information content (AvgIpc) is 3.54. The van der Waals surface area contributed by atoms with E-state index < -0.39 is 0 Å². The Morgan fingerprint density at radius 1 is 1.33 bits per heavy atom. The lowest BCUT2D eigenvalue weighted by Gasteiger charge is -2.12. The van der Waals surface area contributed by atoms with Gasteiger partial charge in [0.15, 0.2) is 5.16 Å². The van der Waals surface area contributed by atoms with E-state index in [1.165, 1.54) is 16.6 Å². The number of nitrogens with one attached hydrogen (secondary N) is 1. The van der Waals surface area contributed by atoms with Crippen LogP contribution in [-0.4, -0.2) is 26.4 Å². The molecule has 1 amide bonds. The molecular formula is C23H24N4O4S2. The molecule has 33 heavy (non-hydrogen) atoms. The summed E-state index contributed by atoms with van der Waals surface area (Å²) >= 11 is 2.83. The summed E-state index contributed by atoms with van der Waals surface area (Å²) in [7, 11) is 0. The predicted octanol–water partition coefficient (Wildman–Crippen LogP) is 4.82. The first-order valence-electron chi connectivity index (χ1n) is 11.0. The molecule has 4 aromatic heterocycles. The van der Waals surface area contributed by atoms with Crippen molar-refractivity contribution in [3.8, 4) is 0 Å². The van der Waals surface area contributed by atoms with E-state index >= 15 is 0 Å². The normalized spacial score (nSPS) is 13.5. The molecule has 0 saturated heterocycles. The van der Waals surface area contributed by atoms with Gasteiger partial charge in [0.25, 0.3) is 5.56 Å². The van der Waals surface area contributed by atoms with E-state index in [9.17, 15) is 9.59 Å². The molecule has 8 nitrogen and oxygen atoms in total. The molecule has 4 aromatic rings. The number of rotatable bonds is 7. The van der Waals surface area contributed by atoms with Crippen LogP contribution in [0, 0.1) is 0 Å². The standard InChI is InChI=1S/C23H24N4O4S2/c1-13(2)16-10-19(31-26-16)24-18(28)12-32-23-25-21-20(15-7-3-4-8-17(15)33-21)22(29)27(23)11-14-6-5-9-30-14/h5-6,9-10,13H,3-4,7-8,11-12H2,1-2H3,(H,24,28). The monoisotopic (exact) mass is 484 g/mol. The Kier molecular flexibility index (Phi) is 6.11. The topological polar surface area (TPSA) is 103 Å². The number of thioether (sulfide) groups is 1. The van der Waals surface area contributed by atoms with Crippen molar-refractivity contribution in [1.82, 2.24) is 14.7 Å². The van der Waals surface area contributed by atoms with Crippen molar-refractivity contribution >= 4 is 45.1 Å². The minimum Gasteiger partial charge on any atom is -0.467 e. The van der Waals surface area contributed by atoms with E-state index in [2.05, 4.69) is 10.5 Å². The van der Waals surface area contributed by atoms with Gasteiger partial charge in [0.2, 0.25) is 11.8 Å². The minimum atomic E-state index is -0.254. The molecular weight excluding hydrogens is 460 g/mol. The lowest BCUT2D eigenvalue weighted by Crippen LogP contribution is -2.25. The number of carbonyl (C=O) groups excluding carboxylic acids is 1. The van der Waals surface area contributed by atoms with Gasteiger partial charge in [-0.2, -0.15) is 0 Å². The van der Waals surface area contributed by atoms with Crippen LogP contribution >= 0.6 is 23.1 Å². The van der Waals surface area contributed by atoms with Gasteiger partial charge in [-0.25, -0.2) is 4.98 Å². The Hall–Kier alpha value is -2.85. The molecule has 0 spiro atoms. The van der Waals surface area contributed by atoms with Crippen LogP contribution in [0.3, 0.4) is 0 Å². The minimum absolute atomic E-state index is 0.0736. The molecule has 4 heterocycles. The quantitative estimate of drug-likeness (QED) is 0.296. The number of thiophene rings is 1. The first-order valence-corrected chi connectivity index (χ1v) is 12.8. The molecule has 0 atom stereocenters. The number of anilines is 1. The molecule has 0 fully saturated rings. The lowest BCUT2D eigenvalue weighted by atomic mass is 9.97. The number of nitrogens with zero attached hydrogens (tertiary/aromatic N) is 3. The highest BCUT2D eigenvalue weighted by Crippen LogP contribution is 2.35. The van der Waals surface area contributed by atoms with Crippen LogP contribution in [-0.2, 0) is 24.2 Å². The van der Waals surface area contributed by atoms with Crippen molar-refractivity contribution in [2.24, 2.45) is 0 Å². The van der Waals surface area contributed by atoms with E-state index in [4.69, 9.17) is 13.9 Å². The van der Waals surface area contributed by atoms with E-state index in [-0.39, 0.29) is 29.7 Å². The summed E-state index contributed by atoms with van der Waals surface area (Å²) in [6.45, 7) is 4.27. The number of hydrogen-bond acceptors (Lipinski definition) is 8. The Morgan fingerprint density at radius 2 is 2.18 bits per heavy atom. The smallest absolute Gasteiger partial charge is 0.263 e. The van der Waals surface area contributed by atoms with E-state index in [1.54, 1.807) is 34.3 Å². The second kappa shape index (κ2) is 9.18. The Morgan fingerprint density at radius 3 is 2.94 bits per heavy atom. The number of amides is 1. The molecule has 1 N–H and O–H groups in total. The molecule has 0 aliphatic heterocycles. The molecule has 1 aliphatic rings. The van der Waals surface area contributed by atoms with Gasteiger partial charge in [0.1, 0.15) is 10.6 Å². The zero-order chi connectivity index (χ0) is 22.9. The molecule has 0 bridgehead atoms. The molecule has 0 radical (unpaired) electrons. The summed E-state index contributed by atoms with van der Waals surface area (Å²) < 4.78 is 12.3. The summed E-state index contributed by atoms with van der Waals surface area (Å²) in [5.74, 6) is 1.01. The van der Waals surface area contributed by atoms with E-state index in [0.29, 0.717) is 16.8 Å². The Balaban J connectivity index is 1.43. The molecule has 1 aliphatic carbocycles. The van der Waals surface area contributed by atoms with Gasteiger partial charge in [-0.3, -0.25) is 19.5 Å². The maximum Gasteiger partial charge on any atom is 0.263 e. The zero-order valence-corrected chi connectivity index (χ0v) is 20.1. The van der Waals surface area contributed by atoms with Gasteiger partial charge >= 0.3 is 0 Å². The number of aryl methyl sites for hydroxylation is 2. The van der Waals surface area contributed by atoms with Crippen LogP contribution in [0.25, 0.3) is 10.2 Å². The van der Waals surface area contributed by atoms with Gasteiger partial charge in [-0.1, -0.05) is 30.8 Å². The maximum atomic E-state index is 13.6. The number of furan rings is 1. The molecule has 0 saturated carbocycles. The highest BCUT2D eigenvalue weighted by Gasteiger charge is 2.23. The predicted molar refractivity (Wildman–Crippen MR) is 128 cm³/mol. The molecule has 172 valence electrons. The van der Waals surface area contributed by atoms with E-state index in [0.717, 1.165) is 47.2 Å². The largest absolute Gasteiger partial charge is 0.467 e. The molecule has 0 aromatic carbocycles. The van der Waals surface area contributed by atoms with Crippen LogP contribution in [0.1, 0.15) is 54.5 Å². The van der Waals surface area contributed by atoms with Crippen LogP contribution < -0.4 is 10.9 Å². The van der Waals surface area contributed by atoms with Crippen LogP contribution in [0.5, 0.6) is 0 Å². The van der Waals surface area contributed by atoms with Crippen molar-refractivity contribution in [3.05, 3.63) is 56.7 Å². The van der Waals surface area contributed by atoms with Gasteiger partial charge < -0.3 is 8.94 Å². The van der Waals surface area contributed by atoms with Gasteiger partial charge in [0.05, 0.1) is 29.6 Å². The number of hydrogen-bond donors (Lipinski definition) is 1. The second-order valence-corrected chi connectivity index (χ2v) is 10.4. The molecule has 0 unspecified atom stereocenters. The van der Waals surface area contributed by atoms with Gasteiger partial charge in [-0.15, -0.1) is 11.3 Å². The number of aromatic nitrogens is 3. The van der Waals surface area contributed by atoms with Gasteiger partial charge in [-0.05, 0) is 49.3 Å². The van der Waals surface area contributed by atoms with Crippen molar-refractivity contribution in [2.45, 2.75) is 57.1 Å². The van der Waals surface area contributed by atoms with E-state index in [1.807, 2.05) is 19.9 Å². The lowest BCUT2D eigenvalue weighted by molar-refractivity contribution is -0.113. The number of fused-ring (bicyclic) bond motifs is 3. The summed E-state index contributed by atoms with van der Waals surface area (Å²) in [6, 6.07) is 5.35. The third-order valence-electron chi connectivity index (χ3n) is 5.65. The highest BCUT2D eigenvalue weighted by atomic mass is 32.2. The fourth-order valence-electron chi connectivity index (χ4n) is 3.95. The first kappa shape index (κ1) is 22.0. The maximum absolute atomic E-state index is 13.6.